The van der Waals surface area contributed by atoms with Crippen molar-refractivity contribution in [2.45, 2.75) is 6.92 Å². The molecular weight excluding hydrogens is 214 g/mol. The first-order chi connectivity index (χ1) is 8.11. The van der Waals surface area contributed by atoms with Crippen LogP contribution in [0.25, 0.3) is 11.3 Å². The molecule has 0 saturated heterocycles. The molecule has 17 heavy (non-hydrogen) atoms. The van der Waals surface area contributed by atoms with Crippen molar-refractivity contribution in [3.63, 3.8) is 0 Å². The lowest BCUT2D eigenvalue weighted by Gasteiger charge is -2.14. The Morgan fingerprint density at radius 3 is 2.59 bits per heavy atom. The lowest BCUT2D eigenvalue weighted by Crippen LogP contribution is -2.23. The topological polar surface area (TPSA) is 81.8 Å². The fourth-order valence-corrected chi connectivity index (χ4v) is 1.58. The van der Waals surface area contributed by atoms with Gasteiger partial charge in [-0.15, -0.1) is 0 Å². The number of H-pyrrole nitrogens is 1. The van der Waals surface area contributed by atoms with Crippen LogP contribution in [0.4, 0.5) is 11.5 Å². The third-order valence-electron chi connectivity index (χ3n) is 2.67. The van der Waals surface area contributed by atoms with Crippen LogP contribution in [0.2, 0.25) is 0 Å². The summed E-state index contributed by atoms with van der Waals surface area (Å²) in [5, 5.41) is 14.6. The van der Waals surface area contributed by atoms with Gasteiger partial charge in [-0.2, -0.15) is 5.10 Å². The Kier molecular flexibility index (Phi) is 2.82. The van der Waals surface area contributed by atoms with Crippen LogP contribution in [0.15, 0.2) is 30.3 Å². The number of hydrogen-bond donors (Lipinski definition) is 3. The van der Waals surface area contributed by atoms with Gasteiger partial charge in [0.25, 0.3) is 0 Å². The zero-order valence-electron chi connectivity index (χ0n) is 9.86. The Morgan fingerprint density at radius 1 is 1.35 bits per heavy atom. The molecule has 0 atom stereocenters. The third kappa shape index (κ3) is 1.99. The molecule has 88 valence electrons. The van der Waals surface area contributed by atoms with Gasteiger partial charge in [-0.3, -0.25) is 10.5 Å². The van der Waals surface area contributed by atoms with E-state index in [0.29, 0.717) is 17.3 Å². The average Bonchev–Trinajstić information content (AvgIpc) is 2.71. The summed E-state index contributed by atoms with van der Waals surface area (Å²) in [5.41, 5.74) is 8.37. The van der Waals surface area contributed by atoms with Crippen LogP contribution in [0.1, 0.15) is 6.92 Å². The molecule has 2 aromatic rings. The van der Waals surface area contributed by atoms with Crippen molar-refractivity contribution in [1.29, 1.82) is 5.41 Å². The summed E-state index contributed by atoms with van der Waals surface area (Å²) in [4.78, 5) is 1.64. The monoisotopic (exact) mass is 229 g/mol. The predicted octanol–water partition coefficient (Wildman–Crippen LogP) is 2.09. The number of rotatable bonds is 2. The number of nitrogens with two attached hydrogens (primary N) is 1. The molecule has 0 saturated carbocycles. The van der Waals surface area contributed by atoms with E-state index >= 15 is 0 Å². The van der Waals surface area contributed by atoms with E-state index in [0.717, 1.165) is 11.3 Å². The highest BCUT2D eigenvalue weighted by Gasteiger charge is 2.15. The Bertz CT molecular complexity index is 529. The van der Waals surface area contributed by atoms with Crippen molar-refractivity contribution in [2.24, 2.45) is 0 Å². The predicted molar refractivity (Wildman–Crippen MR) is 70.2 cm³/mol. The Labute approximate surface area is 99.8 Å². The minimum Gasteiger partial charge on any atom is -0.394 e. The van der Waals surface area contributed by atoms with Gasteiger partial charge in [0.15, 0.2) is 5.82 Å². The second kappa shape index (κ2) is 4.29. The van der Waals surface area contributed by atoms with Gasteiger partial charge in [0.05, 0.1) is 11.5 Å². The zero-order valence-corrected chi connectivity index (χ0v) is 9.86. The van der Waals surface area contributed by atoms with Crippen LogP contribution in [0.3, 0.4) is 0 Å². The van der Waals surface area contributed by atoms with Gasteiger partial charge in [0.1, 0.15) is 5.69 Å². The Hall–Kier alpha value is -2.30. The summed E-state index contributed by atoms with van der Waals surface area (Å²) in [6.45, 7) is 1.69. The molecule has 1 heterocycles. The van der Waals surface area contributed by atoms with E-state index in [1.54, 1.807) is 18.9 Å². The van der Waals surface area contributed by atoms with E-state index < -0.39 is 0 Å². The molecule has 4 N–H and O–H groups in total. The van der Waals surface area contributed by atoms with Crippen LogP contribution in [-0.4, -0.2) is 23.1 Å². The van der Waals surface area contributed by atoms with Crippen molar-refractivity contribution in [3.05, 3.63) is 30.3 Å². The van der Waals surface area contributed by atoms with E-state index in [4.69, 9.17) is 11.1 Å². The van der Waals surface area contributed by atoms with Gasteiger partial charge in [0, 0.05) is 12.6 Å². The summed E-state index contributed by atoms with van der Waals surface area (Å²) in [5.74, 6) is 0.971. The first kappa shape index (κ1) is 11.2. The quantitative estimate of drug-likeness (QED) is 0.544. The smallest absolute Gasteiger partial charge is 0.179 e. The van der Waals surface area contributed by atoms with Crippen molar-refractivity contribution < 1.29 is 0 Å². The van der Waals surface area contributed by atoms with Crippen LogP contribution < -0.4 is 10.6 Å². The van der Waals surface area contributed by atoms with Crippen LogP contribution >= 0.6 is 0 Å². The van der Waals surface area contributed by atoms with Crippen molar-refractivity contribution >= 4 is 17.3 Å². The Balaban J connectivity index is 2.43. The average molecular weight is 229 g/mol. The van der Waals surface area contributed by atoms with Crippen molar-refractivity contribution in [2.75, 3.05) is 17.7 Å². The number of aromatic amines is 1. The lowest BCUT2D eigenvalue weighted by molar-refractivity contribution is 1.05. The fraction of sp³-hybridized carbons (Fsp3) is 0.167. The molecule has 5 heteroatoms. The molecule has 0 aliphatic rings. The molecule has 5 nitrogen and oxygen atoms in total. The molecule has 0 amide bonds. The summed E-state index contributed by atoms with van der Waals surface area (Å²) >= 11 is 0. The highest BCUT2D eigenvalue weighted by Crippen LogP contribution is 2.30. The molecule has 1 aromatic heterocycles. The number of nitrogens with zero attached hydrogens (tertiary/aromatic N) is 2. The number of aromatic nitrogens is 2. The third-order valence-corrected chi connectivity index (χ3v) is 2.67. The molecule has 0 radical (unpaired) electrons. The maximum Gasteiger partial charge on any atom is 0.179 e. The summed E-state index contributed by atoms with van der Waals surface area (Å²) in [7, 11) is 1.77. The molecule has 2 rings (SSSR count). The fourth-order valence-electron chi connectivity index (χ4n) is 1.58. The number of amidine groups is 1. The molecule has 0 fully saturated rings. The van der Waals surface area contributed by atoms with Gasteiger partial charge in [-0.25, -0.2) is 0 Å². The highest BCUT2D eigenvalue weighted by atomic mass is 15.3. The van der Waals surface area contributed by atoms with E-state index in [-0.39, 0.29) is 0 Å². The SMILES string of the molecule is CC(=N)N(C)c1n[nH]c(-c2ccccc2)c1N. The number of hydrogen-bond acceptors (Lipinski definition) is 3. The minimum atomic E-state index is 0.391. The summed E-state index contributed by atoms with van der Waals surface area (Å²) in [6.07, 6.45) is 0. The highest BCUT2D eigenvalue weighted by molar-refractivity contribution is 5.97. The standard InChI is InChI=1S/C12H15N5/c1-8(13)17(2)12-10(14)11(15-16-12)9-6-4-3-5-7-9/h3-7,13H,14H2,1-2H3,(H,15,16). The van der Waals surface area contributed by atoms with Crippen molar-refractivity contribution in [1.82, 2.24) is 10.2 Å². The zero-order chi connectivity index (χ0) is 12.4. The number of nitrogen functional groups attached to an aromatic ring is 1. The van der Waals surface area contributed by atoms with Gasteiger partial charge >= 0.3 is 0 Å². The number of benzene rings is 1. The van der Waals surface area contributed by atoms with Gasteiger partial charge in [-0.05, 0) is 6.92 Å². The van der Waals surface area contributed by atoms with Crippen LogP contribution in [0, 0.1) is 5.41 Å². The van der Waals surface area contributed by atoms with Gasteiger partial charge in [-0.1, -0.05) is 30.3 Å². The molecule has 0 aliphatic carbocycles. The van der Waals surface area contributed by atoms with E-state index in [9.17, 15) is 0 Å². The molecule has 0 spiro atoms. The lowest BCUT2D eigenvalue weighted by atomic mass is 10.1. The van der Waals surface area contributed by atoms with Crippen LogP contribution in [0.5, 0.6) is 0 Å². The van der Waals surface area contributed by atoms with Crippen LogP contribution in [-0.2, 0) is 0 Å². The normalized spacial score (nSPS) is 10.2. The van der Waals surface area contributed by atoms with Gasteiger partial charge in [0.2, 0.25) is 0 Å². The molecule has 0 aliphatic heterocycles. The van der Waals surface area contributed by atoms with E-state index in [1.807, 2.05) is 30.3 Å². The molecule has 1 aromatic carbocycles. The van der Waals surface area contributed by atoms with Gasteiger partial charge < -0.3 is 10.6 Å². The molecular formula is C12H15N5. The largest absolute Gasteiger partial charge is 0.394 e. The number of nitrogens with one attached hydrogen (secondary N) is 2. The molecule has 0 bridgehead atoms. The first-order valence-electron chi connectivity index (χ1n) is 5.29. The maximum absolute atomic E-state index is 7.56. The second-order valence-electron chi connectivity index (χ2n) is 3.85. The van der Waals surface area contributed by atoms with Crippen molar-refractivity contribution in [3.8, 4) is 11.3 Å². The minimum absolute atomic E-state index is 0.391. The maximum atomic E-state index is 7.56. The Morgan fingerprint density at radius 2 is 2.00 bits per heavy atom. The second-order valence-corrected chi connectivity index (χ2v) is 3.85. The van der Waals surface area contributed by atoms with E-state index in [2.05, 4.69) is 10.2 Å². The summed E-state index contributed by atoms with van der Waals surface area (Å²) in [6, 6.07) is 9.77. The number of anilines is 2. The van der Waals surface area contributed by atoms with E-state index in [1.165, 1.54) is 0 Å². The first-order valence-corrected chi connectivity index (χ1v) is 5.29. The molecule has 0 unspecified atom stereocenters. The summed E-state index contributed by atoms with van der Waals surface area (Å²) < 4.78 is 0.